The number of nitrogens with one attached hydrogen (secondary N) is 2. The molecular formula is C16H23N5S. The van der Waals surface area contributed by atoms with E-state index in [0.29, 0.717) is 0 Å². The third kappa shape index (κ3) is 5.81. The van der Waals surface area contributed by atoms with E-state index >= 15 is 0 Å². The highest BCUT2D eigenvalue weighted by Crippen LogP contribution is 2.08. The highest BCUT2D eigenvalue weighted by atomic mass is 32.1. The summed E-state index contributed by atoms with van der Waals surface area (Å²) in [4.78, 5) is 13.2. The second-order valence-electron chi connectivity index (χ2n) is 4.91. The van der Waals surface area contributed by atoms with Crippen LogP contribution in [0.5, 0.6) is 0 Å². The highest BCUT2D eigenvalue weighted by molar-refractivity contribution is 7.09. The molecule has 0 spiro atoms. The monoisotopic (exact) mass is 317 g/mol. The first-order valence-corrected chi connectivity index (χ1v) is 8.48. The molecule has 0 radical (unpaired) electrons. The van der Waals surface area contributed by atoms with Crippen molar-refractivity contribution < 1.29 is 0 Å². The summed E-state index contributed by atoms with van der Waals surface area (Å²) >= 11 is 1.69. The van der Waals surface area contributed by atoms with Gasteiger partial charge in [0.05, 0.1) is 10.7 Å². The molecule has 0 unspecified atom stereocenters. The van der Waals surface area contributed by atoms with Gasteiger partial charge in [0.2, 0.25) is 0 Å². The van der Waals surface area contributed by atoms with Crippen LogP contribution in [0.3, 0.4) is 0 Å². The standard InChI is InChI=1S/C16H23N5S/c1-3-18-16(19-9-6-14-5-4-8-17-11-14)20-10-7-15-12-22-13(2)21-15/h4-5,8,11-12H,3,6-7,9-10H2,1-2H3,(H2,18,19,20). The zero-order valence-electron chi connectivity index (χ0n) is 13.2. The Morgan fingerprint density at radius 1 is 1.32 bits per heavy atom. The normalized spacial score (nSPS) is 11.5. The van der Waals surface area contributed by atoms with Crippen molar-refractivity contribution in [2.75, 3.05) is 19.6 Å². The van der Waals surface area contributed by atoms with Crippen LogP contribution in [0.25, 0.3) is 0 Å². The van der Waals surface area contributed by atoms with Crippen molar-refractivity contribution in [2.45, 2.75) is 26.7 Å². The Kier molecular flexibility index (Phi) is 6.83. The molecule has 0 atom stereocenters. The summed E-state index contributed by atoms with van der Waals surface area (Å²) < 4.78 is 0. The molecule has 0 saturated heterocycles. The van der Waals surface area contributed by atoms with E-state index < -0.39 is 0 Å². The van der Waals surface area contributed by atoms with Gasteiger partial charge < -0.3 is 10.6 Å². The summed E-state index contributed by atoms with van der Waals surface area (Å²) in [6, 6.07) is 4.05. The first-order chi connectivity index (χ1) is 10.8. The minimum absolute atomic E-state index is 0.741. The van der Waals surface area contributed by atoms with E-state index in [9.17, 15) is 0 Å². The fourth-order valence-electron chi connectivity index (χ4n) is 2.02. The molecule has 0 aliphatic heterocycles. The van der Waals surface area contributed by atoms with Crippen molar-refractivity contribution >= 4 is 17.3 Å². The molecule has 0 aliphatic carbocycles. The lowest BCUT2D eigenvalue weighted by atomic mass is 10.2. The van der Waals surface area contributed by atoms with Crippen LogP contribution in [0.15, 0.2) is 34.9 Å². The van der Waals surface area contributed by atoms with Crippen molar-refractivity contribution in [2.24, 2.45) is 4.99 Å². The van der Waals surface area contributed by atoms with Crippen LogP contribution in [0, 0.1) is 6.92 Å². The second-order valence-corrected chi connectivity index (χ2v) is 5.97. The van der Waals surface area contributed by atoms with Crippen molar-refractivity contribution in [1.82, 2.24) is 20.6 Å². The Labute approximate surface area is 135 Å². The number of hydrogen-bond acceptors (Lipinski definition) is 4. The SMILES string of the molecule is CCNC(=NCCc1csc(C)n1)NCCc1cccnc1. The highest BCUT2D eigenvalue weighted by Gasteiger charge is 2.00. The maximum Gasteiger partial charge on any atom is 0.191 e. The van der Waals surface area contributed by atoms with E-state index in [1.807, 2.05) is 19.2 Å². The van der Waals surface area contributed by atoms with Gasteiger partial charge in [0.25, 0.3) is 0 Å². The fraction of sp³-hybridized carbons (Fsp3) is 0.438. The fourth-order valence-corrected chi connectivity index (χ4v) is 2.67. The molecule has 0 amide bonds. The summed E-state index contributed by atoms with van der Waals surface area (Å²) in [7, 11) is 0. The molecule has 0 saturated carbocycles. The van der Waals surface area contributed by atoms with E-state index in [4.69, 9.17) is 0 Å². The Morgan fingerprint density at radius 3 is 2.91 bits per heavy atom. The van der Waals surface area contributed by atoms with Crippen molar-refractivity contribution in [3.8, 4) is 0 Å². The smallest absolute Gasteiger partial charge is 0.191 e. The predicted molar refractivity (Wildman–Crippen MR) is 92.5 cm³/mol. The molecule has 6 heteroatoms. The third-order valence-corrected chi connectivity index (χ3v) is 3.90. The van der Waals surface area contributed by atoms with Crippen molar-refractivity contribution in [3.05, 3.63) is 46.2 Å². The third-order valence-electron chi connectivity index (χ3n) is 3.08. The number of rotatable bonds is 7. The lowest BCUT2D eigenvalue weighted by molar-refractivity contribution is 0.793. The molecule has 0 aliphatic rings. The van der Waals surface area contributed by atoms with Gasteiger partial charge in [-0.3, -0.25) is 9.98 Å². The Morgan fingerprint density at radius 2 is 2.23 bits per heavy atom. The van der Waals surface area contributed by atoms with Gasteiger partial charge in [-0.2, -0.15) is 0 Å². The lowest BCUT2D eigenvalue weighted by Crippen LogP contribution is -2.38. The molecule has 2 N–H and O–H groups in total. The summed E-state index contributed by atoms with van der Waals surface area (Å²) in [5.74, 6) is 0.860. The number of guanidine groups is 1. The Balaban J connectivity index is 1.77. The molecule has 2 aromatic heterocycles. The molecule has 0 aromatic carbocycles. The van der Waals surface area contributed by atoms with Crippen LogP contribution < -0.4 is 10.6 Å². The molecule has 2 heterocycles. The van der Waals surface area contributed by atoms with E-state index in [0.717, 1.165) is 49.1 Å². The molecule has 118 valence electrons. The molecule has 2 aromatic rings. The first-order valence-electron chi connectivity index (χ1n) is 7.60. The molecule has 22 heavy (non-hydrogen) atoms. The van der Waals surface area contributed by atoms with Crippen LogP contribution in [0.1, 0.15) is 23.2 Å². The predicted octanol–water partition coefficient (Wildman–Crippen LogP) is 2.19. The number of aliphatic imine (C=N–C) groups is 1. The van der Waals surface area contributed by atoms with E-state index in [1.54, 1.807) is 17.5 Å². The average molecular weight is 317 g/mol. The largest absolute Gasteiger partial charge is 0.357 e. The molecule has 0 fully saturated rings. The van der Waals surface area contributed by atoms with E-state index in [2.05, 4.69) is 44.0 Å². The Bertz CT molecular complexity index is 579. The number of thiazole rings is 1. The van der Waals surface area contributed by atoms with Gasteiger partial charge in [0.1, 0.15) is 0 Å². The molecule has 5 nitrogen and oxygen atoms in total. The van der Waals surface area contributed by atoms with Crippen LogP contribution in [0.2, 0.25) is 0 Å². The van der Waals surface area contributed by atoms with Gasteiger partial charge in [-0.25, -0.2) is 4.98 Å². The van der Waals surface area contributed by atoms with Gasteiger partial charge in [-0.15, -0.1) is 11.3 Å². The van der Waals surface area contributed by atoms with Gasteiger partial charge in [0, 0.05) is 43.8 Å². The average Bonchev–Trinajstić information content (AvgIpc) is 2.94. The Hall–Kier alpha value is -1.95. The van der Waals surface area contributed by atoms with E-state index in [1.165, 1.54) is 5.56 Å². The van der Waals surface area contributed by atoms with E-state index in [-0.39, 0.29) is 0 Å². The van der Waals surface area contributed by atoms with Gasteiger partial charge >= 0.3 is 0 Å². The van der Waals surface area contributed by atoms with Gasteiger partial charge in [0.15, 0.2) is 5.96 Å². The van der Waals surface area contributed by atoms with Crippen LogP contribution in [-0.4, -0.2) is 35.6 Å². The van der Waals surface area contributed by atoms with Gasteiger partial charge in [-0.1, -0.05) is 6.07 Å². The number of hydrogen-bond donors (Lipinski definition) is 2. The molecule has 0 bridgehead atoms. The summed E-state index contributed by atoms with van der Waals surface area (Å²) in [5.41, 5.74) is 2.35. The van der Waals surface area contributed by atoms with Crippen LogP contribution in [0.4, 0.5) is 0 Å². The quantitative estimate of drug-likeness (QED) is 0.607. The zero-order chi connectivity index (χ0) is 15.6. The maximum absolute atomic E-state index is 4.59. The van der Waals surface area contributed by atoms with Crippen LogP contribution >= 0.6 is 11.3 Å². The minimum Gasteiger partial charge on any atom is -0.357 e. The zero-order valence-corrected chi connectivity index (χ0v) is 14.0. The number of aryl methyl sites for hydroxylation is 1. The summed E-state index contributed by atoms with van der Waals surface area (Å²) in [5, 5.41) is 9.84. The molecular weight excluding hydrogens is 294 g/mol. The lowest BCUT2D eigenvalue weighted by Gasteiger charge is -2.11. The van der Waals surface area contributed by atoms with Crippen molar-refractivity contribution in [3.63, 3.8) is 0 Å². The number of aromatic nitrogens is 2. The summed E-state index contributed by atoms with van der Waals surface area (Å²) in [6.45, 7) is 6.54. The van der Waals surface area contributed by atoms with Crippen LogP contribution in [-0.2, 0) is 12.8 Å². The number of nitrogens with zero attached hydrogens (tertiary/aromatic N) is 3. The van der Waals surface area contributed by atoms with Gasteiger partial charge in [-0.05, 0) is 31.9 Å². The minimum atomic E-state index is 0.741. The molecule has 2 rings (SSSR count). The second kappa shape index (κ2) is 9.15. The number of pyridine rings is 1. The topological polar surface area (TPSA) is 62.2 Å². The first kappa shape index (κ1) is 16.4. The van der Waals surface area contributed by atoms with Crippen molar-refractivity contribution in [1.29, 1.82) is 0 Å². The summed E-state index contributed by atoms with van der Waals surface area (Å²) in [6.07, 6.45) is 5.51. The maximum atomic E-state index is 4.59.